The van der Waals surface area contributed by atoms with Crippen LogP contribution in [0.25, 0.3) is 11.5 Å². The highest BCUT2D eigenvalue weighted by Gasteiger charge is 2.10. The van der Waals surface area contributed by atoms with Crippen LogP contribution in [0.15, 0.2) is 57.7 Å². The number of anilines is 1. The van der Waals surface area contributed by atoms with Crippen molar-refractivity contribution in [1.82, 2.24) is 5.16 Å². The van der Waals surface area contributed by atoms with E-state index in [1.54, 1.807) is 24.5 Å². The second-order valence-electron chi connectivity index (χ2n) is 5.02. The quantitative estimate of drug-likeness (QED) is 0.755. The number of carbonyl (C=O) groups excluding carboxylic acids is 1. The third-order valence-corrected chi connectivity index (χ3v) is 3.23. The monoisotopic (exact) mass is 312 g/mol. The lowest BCUT2D eigenvalue weighted by molar-refractivity contribution is -0.121. The van der Waals surface area contributed by atoms with E-state index in [4.69, 9.17) is 13.7 Å². The van der Waals surface area contributed by atoms with Gasteiger partial charge in [-0.1, -0.05) is 23.4 Å². The van der Waals surface area contributed by atoms with Gasteiger partial charge in [0.2, 0.25) is 11.7 Å². The van der Waals surface area contributed by atoms with E-state index in [0.29, 0.717) is 17.2 Å². The molecule has 0 aliphatic carbocycles. The van der Waals surface area contributed by atoms with Gasteiger partial charge < -0.3 is 19.0 Å². The maximum absolute atomic E-state index is 11.9. The van der Waals surface area contributed by atoms with Crippen LogP contribution in [0.5, 0.6) is 0 Å². The van der Waals surface area contributed by atoms with E-state index >= 15 is 0 Å². The molecule has 0 aliphatic heterocycles. The van der Waals surface area contributed by atoms with Gasteiger partial charge in [0.25, 0.3) is 0 Å². The molecule has 0 spiro atoms. The van der Waals surface area contributed by atoms with Crippen LogP contribution in [-0.2, 0) is 16.1 Å². The number of rotatable bonds is 6. The molecule has 0 saturated heterocycles. The first-order chi connectivity index (χ1) is 11.2. The number of ether oxygens (including phenoxy) is 1. The third kappa shape index (κ3) is 3.87. The second-order valence-corrected chi connectivity index (χ2v) is 5.02. The van der Waals surface area contributed by atoms with Crippen molar-refractivity contribution in [2.45, 2.75) is 13.5 Å². The summed E-state index contributed by atoms with van der Waals surface area (Å²) in [5.41, 5.74) is 2.38. The van der Waals surface area contributed by atoms with Gasteiger partial charge in [-0.05, 0) is 30.7 Å². The largest absolute Gasteiger partial charge is 0.461 e. The summed E-state index contributed by atoms with van der Waals surface area (Å²) in [5.74, 6) is 0.910. The van der Waals surface area contributed by atoms with E-state index in [1.807, 2.05) is 31.2 Å². The van der Waals surface area contributed by atoms with Crippen LogP contribution < -0.4 is 5.32 Å². The summed E-state index contributed by atoms with van der Waals surface area (Å²) in [6, 6.07) is 12.8. The first-order valence-corrected chi connectivity index (χ1v) is 7.15. The number of nitrogens with zero attached hydrogens (tertiary/aromatic N) is 1. The first kappa shape index (κ1) is 15.1. The van der Waals surface area contributed by atoms with Crippen molar-refractivity contribution in [3.63, 3.8) is 0 Å². The summed E-state index contributed by atoms with van der Waals surface area (Å²) in [5, 5.41) is 6.68. The number of para-hydroxylation sites is 1. The molecule has 3 aromatic rings. The molecule has 2 heterocycles. The van der Waals surface area contributed by atoms with E-state index in [1.165, 1.54) is 0 Å². The zero-order chi connectivity index (χ0) is 16.1. The van der Waals surface area contributed by atoms with Crippen LogP contribution >= 0.6 is 0 Å². The highest BCUT2D eigenvalue weighted by molar-refractivity contribution is 5.92. The van der Waals surface area contributed by atoms with Crippen molar-refractivity contribution < 1.29 is 18.5 Å². The number of amides is 1. The van der Waals surface area contributed by atoms with Crippen LogP contribution in [0.4, 0.5) is 5.69 Å². The Hall–Kier alpha value is -2.86. The van der Waals surface area contributed by atoms with Gasteiger partial charge in [-0.3, -0.25) is 4.79 Å². The third-order valence-electron chi connectivity index (χ3n) is 3.23. The highest BCUT2D eigenvalue weighted by Crippen LogP contribution is 2.20. The minimum atomic E-state index is -0.214. The molecular weight excluding hydrogens is 296 g/mol. The Morgan fingerprint density at radius 1 is 1.22 bits per heavy atom. The van der Waals surface area contributed by atoms with Gasteiger partial charge in [0.05, 0.1) is 12.9 Å². The minimum absolute atomic E-state index is 0.0583. The molecule has 1 amide bonds. The van der Waals surface area contributed by atoms with Crippen molar-refractivity contribution in [1.29, 1.82) is 0 Å². The predicted molar refractivity (Wildman–Crippen MR) is 83.7 cm³/mol. The topological polar surface area (TPSA) is 77.5 Å². The maximum Gasteiger partial charge on any atom is 0.250 e. The summed E-state index contributed by atoms with van der Waals surface area (Å²) in [4.78, 5) is 11.9. The molecule has 1 N–H and O–H groups in total. The van der Waals surface area contributed by atoms with Crippen molar-refractivity contribution in [3.8, 4) is 11.5 Å². The van der Waals surface area contributed by atoms with E-state index in [0.717, 1.165) is 11.3 Å². The average Bonchev–Trinajstić information content (AvgIpc) is 3.20. The maximum atomic E-state index is 11.9. The predicted octanol–water partition coefficient (Wildman–Crippen LogP) is 3.40. The fraction of sp³-hybridized carbons (Fsp3) is 0.176. The lowest BCUT2D eigenvalue weighted by Crippen LogP contribution is -2.18. The summed E-state index contributed by atoms with van der Waals surface area (Å²) in [6.45, 7) is 2.06. The zero-order valence-corrected chi connectivity index (χ0v) is 12.6. The zero-order valence-electron chi connectivity index (χ0n) is 12.6. The minimum Gasteiger partial charge on any atom is -0.461 e. The molecule has 0 radical (unpaired) electrons. The molecule has 0 fully saturated rings. The second kappa shape index (κ2) is 6.93. The van der Waals surface area contributed by atoms with Crippen molar-refractivity contribution >= 4 is 11.6 Å². The van der Waals surface area contributed by atoms with Crippen LogP contribution in [0, 0.1) is 6.92 Å². The molecule has 118 valence electrons. The first-order valence-electron chi connectivity index (χ1n) is 7.15. The molecule has 3 rings (SSSR count). The van der Waals surface area contributed by atoms with Crippen molar-refractivity contribution in [3.05, 3.63) is 60.0 Å². The van der Waals surface area contributed by atoms with E-state index in [2.05, 4.69) is 10.5 Å². The number of aryl methyl sites for hydroxylation is 1. The van der Waals surface area contributed by atoms with Crippen LogP contribution in [0.2, 0.25) is 0 Å². The normalized spacial score (nSPS) is 10.7. The van der Waals surface area contributed by atoms with Crippen LogP contribution in [-0.4, -0.2) is 17.7 Å². The molecule has 2 aromatic heterocycles. The molecule has 6 heteroatoms. The molecule has 0 aliphatic rings. The fourth-order valence-electron chi connectivity index (χ4n) is 2.06. The molecule has 0 saturated carbocycles. The van der Waals surface area contributed by atoms with Gasteiger partial charge in [-0.2, -0.15) is 0 Å². The van der Waals surface area contributed by atoms with Gasteiger partial charge >= 0.3 is 0 Å². The Labute approximate surface area is 133 Å². The number of hydrogen-bond acceptors (Lipinski definition) is 5. The van der Waals surface area contributed by atoms with E-state index in [-0.39, 0.29) is 19.1 Å². The number of carbonyl (C=O) groups is 1. The summed E-state index contributed by atoms with van der Waals surface area (Å²) in [6.07, 6.45) is 1.56. The molecule has 23 heavy (non-hydrogen) atoms. The molecule has 0 unspecified atom stereocenters. The van der Waals surface area contributed by atoms with Crippen molar-refractivity contribution in [2.75, 3.05) is 11.9 Å². The molecule has 1 aromatic carbocycles. The van der Waals surface area contributed by atoms with Gasteiger partial charge in [0.15, 0.2) is 5.76 Å². The van der Waals surface area contributed by atoms with Gasteiger partial charge in [-0.15, -0.1) is 0 Å². The van der Waals surface area contributed by atoms with Gasteiger partial charge in [0.1, 0.15) is 12.3 Å². The van der Waals surface area contributed by atoms with E-state index in [9.17, 15) is 4.79 Å². The molecule has 6 nitrogen and oxygen atoms in total. The fourth-order valence-corrected chi connectivity index (χ4v) is 2.06. The van der Waals surface area contributed by atoms with Crippen LogP contribution in [0.3, 0.4) is 0 Å². The molecule has 0 atom stereocenters. The standard InChI is InChI=1S/C17H16N2O4/c1-12-5-2-3-6-14(12)18-17(20)11-21-10-13-9-16(23-19-13)15-7-4-8-22-15/h2-9H,10-11H2,1H3,(H,18,20). The molecular formula is C17H16N2O4. The summed E-state index contributed by atoms with van der Waals surface area (Å²) in [7, 11) is 0. The number of furan rings is 1. The Morgan fingerprint density at radius 3 is 2.87 bits per heavy atom. The van der Waals surface area contributed by atoms with Gasteiger partial charge in [0, 0.05) is 11.8 Å². The Kier molecular flexibility index (Phi) is 4.54. The number of aromatic nitrogens is 1. The highest BCUT2D eigenvalue weighted by atomic mass is 16.5. The summed E-state index contributed by atoms with van der Waals surface area (Å²) >= 11 is 0. The summed E-state index contributed by atoms with van der Waals surface area (Å²) < 4.78 is 15.7. The number of hydrogen-bond donors (Lipinski definition) is 1. The van der Waals surface area contributed by atoms with Crippen molar-refractivity contribution in [2.24, 2.45) is 0 Å². The Bertz CT molecular complexity index is 778. The lowest BCUT2D eigenvalue weighted by atomic mass is 10.2. The van der Waals surface area contributed by atoms with Crippen LogP contribution in [0.1, 0.15) is 11.3 Å². The Balaban J connectivity index is 1.48. The van der Waals surface area contributed by atoms with Gasteiger partial charge in [-0.25, -0.2) is 0 Å². The lowest BCUT2D eigenvalue weighted by Gasteiger charge is -2.07. The number of nitrogens with one attached hydrogen (secondary N) is 1. The van der Waals surface area contributed by atoms with E-state index < -0.39 is 0 Å². The average molecular weight is 312 g/mol. The smallest absolute Gasteiger partial charge is 0.250 e. The molecule has 0 bridgehead atoms. The number of benzene rings is 1. The SMILES string of the molecule is Cc1ccccc1NC(=O)COCc1cc(-c2ccco2)on1. The Morgan fingerprint density at radius 2 is 2.09 bits per heavy atom.